The summed E-state index contributed by atoms with van der Waals surface area (Å²) in [5.74, 6) is -7.76. The van der Waals surface area contributed by atoms with E-state index >= 15 is 0 Å². The maximum absolute atomic E-state index is 13.8. The smallest absolute Gasteiger partial charge is 0.314 e. The minimum absolute atomic E-state index is 0.0164. The molecule has 2 fully saturated rings. The molecule has 0 aromatic heterocycles. The molecule has 0 radical (unpaired) electrons. The fourth-order valence-corrected chi connectivity index (χ4v) is 8.57. The van der Waals surface area contributed by atoms with E-state index in [-0.39, 0.29) is 24.7 Å². The van der Waals surface area contributed by atoms with E-state index in [9.17, 15) is 66.1 Å². The van der Waals surface area contributed by atoms with Crippen LogP contribution >= 0.6 is 0 Å². The maximum Gasteiger partial charge on any atom is 0.314 e. The summed E-state index contributed by atoms with van der Waals surface area (Å²) in [5, 5.41) is 142. The van der Waals surface area contributed by atoms with Gasteiger partial charge in [-0.1, -0.05) is 39.7 Å². The SMILES string of the molecule is C=C(CCC)[C@@](C)(CC[C@@H]1CCCC2[C@](C)(C(=O)OC(O)/C(O)=C(/O)C(O)CCO)CCC[C@]21C)OC(O)/C(O)=C(/OC(O)/C(O)=C(\O)C(O)CCO)C(O)CCO. The van der Waals surface area contributed by atoms with Crippen molar-refractivity contribution in [3.8, 4) is 0 Å². The van der Waals surface area contributed by atoms with Gasteiger partial charge in [-0.3, -0.25) is 4.79 Å². The van der Waals surface area contributed by atoms with Gasteiger partial charge >= 0.3 is 5.97 Å². The Hall–Kier alpha value is -3.17. The number of fused-ring (bicyclic) bond motifs is 1. The van der Waals surface area contributed by atoms with Crippen LogP contribution in [0.4, 0.5) is 0 Å². The number of ether oxygens (including phenoxy) is 3. The molecule has 14 N–H and O–H groups in total. The highest BCUT2D eigenvalue weighted by molar-refractivity contribution is 5.77. The molecule has 18 nitrogen and oxygen atoms in total. The topological polar surface area (TPSA) is 328 Å². The molecule has 2 aliphatic carbocycles. The van der Waals surface area contributed by atoms with Crippen molar-refractivity contribution < 1.29 is 90.5 Å². The normalized spacial score (nSPS) is 27.9. The molecule has 0 amide bonds. The van der Waals surface area contributed by atoms with Gasteiger partial charge in [-0.15, -0.1) is 0 Å². The van der Waals surface area contributed by atoms with E-state index < -0.39 is 127 Å². The van der Waals surface area contributed by atoms with E-state index in [0.717, 1.165) is 19.3 Å². The van der Waals surface area contributed by atoms with Crippen LogP contribution in [-0.2, 0) is 19.0 Å². The first-order valence-corrected chi connectivity index (χ1v) is 19.9. The molecular formula is C40H68O18. The van der Waals surface area contributed by atoms with Gasteiger partial charge in [0.15, 0.2) is 23.0 Å². The van der Waals surface area contributed by atoms with Crippen LogP contribution in [0.1, 0.15) is 111 Å². The van der Waals surface area contributed by atoms with Gasteiger partial charge in [-0.2, -0.15) is 0 Å². The zero-order valence-corrected chi connectivity index (χ0v) is 34.0. The molecule has 0 saturated heterocycles. The molecule has 18 heteroatoms. The summed E-state index contributed by atoms with van der Waals surface area (Å²) in [6, 6.07) is 0. The average Bonchev–Trinajstić information content (AvgIpc) is 3.17. The second kappa shape index (κ2) is 22.4. The molecule has 0 aromatic carbocycles. The summed E-state index contributed by atoms with van der Waals surface area (Å²) in [4.78, 5) is 13.8. The third kappa shape index (κ3) is 12.2. The predicted molar refractivity (Wildman–Crippen MR) is 206 cm³/mol. The van der Waals surface area contributed by atoms with Crippen LogP contribution in [0.5, 0.6) is 0 Å². The molecule has 0 spiro atoms. The Bertz CT molecular complexity index is 1450. The molecule has 336 valence electrons. The lowest BCUT2D eigenvalue weighted by Gasteiger charge is -2.57. The third-order valence-corrected chi connectivity index (χ3v) is 12.1. The van der Waals surface area contributed by atoms with E-state index in [1.165, 1.54) is 0 Å². The predicted octanol–water partition coefficient (Wildman–Crippen LogP) is 2.68. The Morgan fingerprint density at radius 2 is 1.24 bits per heavy atom. The zero-order chi connectivity index (χ0) is 44.2. The lowest BCUT2D eigenvalue weighted by molar-refractivity contribution is -0.195. The Morgan fingerprint density at radius 1 is 0.724 bits per heavy atom. The number of aliphatic hydroxyl groups excluding tert-OH is 14. The van der Waals surface area contributed by atoms with Crippen LogP contribution in [0, 0.1) is 22.7 Å². The largest absolute Gasteiger partial charge is 0.506 e. The number of carbonyl (C=O) groups excluding carboxylic acids is 1. The standard InChI is InChI=1S/C40H68O18/c1-6-9-22(2)40(5,58-36(54)32(51)33(26(46)15-21-43)56-34(52)30(49)28(47)24(44)13-19-41)18-12-23-10-7-11-27-38(23,3)16-8-17-39(27,4)37(55)57-35(53)31(50)29(48)25(45)14-20-42/h23-27,34-36,41-54H,2,6-21H2,1,3-5H3/b30-28+,31-29-,33-32-/t23-,24?,25?,26?,27?,34?,35?,36?,38-,39+,40+/m0/s1. The van der Waals surface area contributed by atoms with Gasteiger partial charge in [0.05, 0.1) is 11.0 Å². The number of rotatable bonds is 24. The van der Waals surface area contributed by atoms with Gasteiger partial charge in [0.25, 0.3) is 12.6 Å². The Kier molecular flexibility index (Phi) is 19.7. The first kappa shape index (κ1) is 51.0. The number of carbonyl (C=O) groups is 1. The second-order valence-electron chi connectivity index (χ2n) is 16.2. The fraction of sp³-hybridized carbons (Fsp3) is 0.775. The molecule has 0 aliphatic heterocycles. The van der Waals surface area contributed by atoms with Crippen molar-refractivity contribution in [1.82, 2.24) is 0 Å². The monoisotopic (exact) mass is 836 g/mol. The zero-order valence-electron chi connectivity index (χ0n) is 34.0. The Balaban J connectivity index is 2.41. The molecule has 0 aromatic rings. The molecule has 7 unspecified atom stereocenters. The summed E-state index contributed by atoms with van der Waals surface area (Å²) in [6.07, 6.45) is -7.79. The van der Waals surface area contributed by atoms with Crippen LogP contribution in [-0.4, -0.2) is 140 Å². The number of hydrogen-bond donors (Lipinski definition) is 14. The quantitative estimate of drug-likeness (QED) is 0.0288. The lowest BCUT2D eigenvalue weighted by Crippen LogP contribution is -2.54. The molecule has 58 heavy (non-hydrogen) atoms. The summed E-state index contributed by atoms with van der Waals surface area (Å²) >= 11 is 0. The second-order valence-corrected chi connectivity index (χ2v) is 16.2. The average molecular weight is 837 g/mol. The van der Waals surface area contributed by atoms with E-state index in [1.807, 2.05) is 6.92 Å². The molecule has 2 aliphatic rings. The third-order valence-electron chi connectivity index (χ3n) is 12.1. The van der Waals surface area contributed by atoms with Gasteiger partial charge in [0.1, 0.15) is 18.3 Å². The summed E-state index contributed by atoms with van der Waals surface area (Å²) in [6.45, 7) is 9.85. The van der Waals surface area contributed by atoms with Crippen LogP contribution < -0.4 is 0 Å². The van der Waals surface area contributed by atoms with E-state index in [1.54, 1.807) is 13.8 Å². The molecular weight excluding hydrogens is 768 g/mol. The van der Waals surface area contributed by atoms with Gasteiger partial charge in [0.2, 0.25) is 17.8 Å². The molecule has 0 bridgehead atoms. The van der Waals surface area contributed by atoms with E-state index in [2.05, 4.69) is 13.5 Å². The van der Waals surface area contributed by atoms with Gasteiger partial charge in [-0.25, -0.2) is 0 Å². The van der Waals surface area contributed by atoms with E-state index in [0.29, 0.717) is 44.1 Å². The summed E-state index contributed by atoms with van der Waals surface area (Å²) in [5.41, 5.74) is -2.34. The highest BCUT2D eigenvalue weighted by Gasteiger charge is 2.57. The van der Waals surface area contributed by atoms with Crippen molar-refractivity contribution in [2.45, 2.75) is 154 Å². The molecule has 0 heterocycles. The Labute approximate surface area is 339 Å². The van der Waals surface area contributed by atoms with Crippen LogP contribution in [0.2, 0.25) is 0 Å². The first-order chi connectivity index (χ1) is 27.1. The van der Waals surface area contributed by atoms with Gasteiger partial charge in [-0.05, 0) is 81.6 Å². The van der Waals surface area contributed by atoms with Crippen LogP contribution in [0.15, 0.2) is 46.7 Å². The summed E-state index contributed by atoms with van der Waals surface area (Å²) < 4.78 is 16.5. The number of aliphatic hydroxyl groups is 14. The first-order valence-electron chi connectivity index (χ1n) is 19.9. The van der Waals surface area contributed by atoms with Gasteiger partial charge < -0.3 is 85.7 Å². The highest BCUT2D eigenvalue weighted by atomic mass is 16.7. The molecule has 2 saturated carbocycles. The minimum Gasteiger partial charge on any atom is -0.506 e. The van der Waals surface area contributed by atoms with Crippen molar-refractivity contribution in [3.05, 3.63) is 46.7 Å². The van der Waals surface area contributed by atoms with Crippen molar-refractivity contribution in [2.75, 3.05) is 19.8 Å². The number of hydrogen-bond acceptors (Lipinski definition) is 18. The van der Waals surface area contributed by atoms with Crippen molar-refractivity contribution in [1.29, 1.82) is 0 Å². The molecule has 11 atom stereocenters. The van der Waals surface area contributed by atoms with Crippen molar-refractivity contribution in [3.63, 3.8) is 0 Å². The van der Waals surface area contributed by atoms with Gasteiger partial charge in [0, 0.05) is 39.1 Å². The van der Waals surface area contributed by atoms with Crippen molar-refractivity contribution in [2.24, 2.45) is 22.7 Å². The summed E-state index contributed by atoms with van der Waals surface area (Å²) in [7, 11) is 0. The lowest BCUT2D eigenvalue weighted by atomic mass is 9.47. The highest BCUT2D eigenvalue weighted by Crippen LogP contribution is 2.61. The molecule has 2 rings (SSSR count). The Morgan fingerprint density at radius 3 is 1.76 bits per heavy atom. The maximum atomic E-state index is 13.8. The van der Waals surface area contributed by atoms with Crippen molar-refractivity contribution >= 4 is 5.97 Å². The fourth-order valence-electron chi connectivity index (χ4n) is 8.57. The van der Waals surface area contributed by atoms with Crippen LogP contribution in [0.3, 0.4) is 0 Å². The minimum atomic E-state index is -2.49. The van der Waals surface area contributed by atoms with E-state index in [4.69, 9.17) is 24.4 Å². The number of esters is 1. The van der Waals surface area contributed by atoms with Crippen LogP contribution in [0.25, 0.3) is 0 Å².